The van der Waals surface area contributed by atoms with Crippen LogP contribution in [-0.2, 0) is 4.79 Å². The van der Waals surface area contributed by atoms with Gasteiger partial charge in [0.2, 0.25) is 0 Å². The maximum absolute atomic E-state index is 13.2. The first kappa shape index (κ1) is 17.2. The van der Waals surface area contributed by atoms with Crippen LogP contribution >= 0.6 is 0 Å². The number of imidazole rings is 1. The molecule has 0 radical (unpaired) electrons. The van der Waals surface area contributed by atoms with Gasteiger partial charge in [-0.15, -0.1) is 0 Å². The van der Waals surface area contributed by atoms with E-state index in [1.54, 1.807) is 35.2 Å². The summed E-state index contributed by atoms with van der Waals surface area (Å²) in [6.07, 6.45) is 0. The van der Waals surface area contributed by atoms with Crippen molar-refractivity contribution in [2.45, 2.75) is 12.8 Å². The van der Waals surface area contributed by atoms with Crippen LogP contribution in [0, 0.1) is 18.7 Å². The minimum absolute atomic E-state index is 0.121. The first-order chi connectivity index (χ1) is 12.9. The number of carboxylic acids is 1. The number of fused-ring (bicyclic) bond motifs is 1. The van der Waals surface area contributed by atoms with Gasteiger partial charge in [-0.3, -0.25) is 9.59 Å². The van der Waals surface area contributed by atoms with E-state index in [0.29, 0.717) is 5.56 Å². The van der Waals surface area contributed by atoms with Gasteiger partial charge in [-0.1, -0.05) is 12.1 Å². The lowest BCUT2D eigenvalue weighted by Crippen LogP contribution is -2.29. The maximum Gasteiger partial charge on any atom is 0.308 e. The number of H-pyrrole nitrogens is 1. The molecule has 0 saturated carbocycles. The van der Waals surface area contributed by atoms with Crippen LogP contribution in [0.25, 0.3) is 11.0 Å². The summed E-state index contributed by atoms with van der Waals surface area (Å²) in [6, 6.07) is 11.0. The van der Waals surface area contributed by atoms with E-state index in [0.717, 1.165) is 22.4 Å². The molecule has 1 aliphatic rings. The molecule has 3 aromatic rings. The average molecular weight is 367 g/mol. The van der Waals surface area contributed by atoms with Crippen LogP contribution in [0.3, 0.4) is 0 Å². The van der Waals surface area contributed by atoms with Crippen molar-refractivity contribution in [1.82, 2.24) is 14.9 Å². The SMILES string of the molecule is Cc1nc2ccc(C(=O)N3C[C@@H](C(=O)O)[C@H](c4ccc(F)cc4)C3)cc2[nH]1. The molecule has 2 aromatic carbocycles. The van der Waals surface area contributed by atoms with E-state index >= 15 is 0 Å². The van der Waals surface area contributed by atoms with Crippen molar-refractivity contribution in [3.05, 3.63) is 65.2 Å². The lowest BCUT2D eigenvalue weighted by atomic mass is 9.89. The minimum atomic E-state index is -0.959. The summed E-state index contributed by atoms with van der Waals surface area (Å²) in [5.74, 6) is -1.89. The molecule has 1 amide bonds. The van der Waals surface area contributed by atoms with E-state index < -0.39 is 11.9 Å². The van der Waals surface area contributed by atoms with Crippen LogP contribution in [0.4, 0.5) is 4.39 Å². The zero-order valence-corrected chi connectivity index (χ0v) is 14.6. The number of carbonyl (C=O) groups excluding carboxylic acids is 1. The fourth-order valence-corrected chi connectivity index (χ4v) is 3.72. The fraction of sp³-hybridized carbons (Fsp3) is 0.250. The zero-order chi connectivity index (χ0) is 19.1. The van der Waals surface area contributed by atoms with Gasteiger partial charge < -0.3 is 15.0 Å². The predicted molar refractivity (Wildman–Crippen MR) is 97.0 cm³/mol. The summed E-state index contributed by atoms with van der Waals surface area (Å²) >= 11 is 0. The summed E-state index contributed by atoms with van der Waals surface area (Å²) in [7, 11) is 0. The molecule has 4 rings (SSSR count). The monoisotopic (exact) mass is 367 g/mol. The Morgan fingerprint density at radius 3 is 2.63 bits per heavy atom. The third-order valence-electron chi connectivity index (χ3n) is 5.07. The highest BCUT2D eigenvalue weighted by molar-refractivity contribution is 5.98. The number of likely N-dealkylation sites (tertiary alicyclic amines) is 1. The van der Waals surface area contributed by atoms with E-state index in [2.05, 4.69) is 9.97 Å². The highest BCUT2D eigenvalue weighted by Gasteiger charge is 2.40. The Hall–Kier alpha value is -3.22. The third-order valence-corrected chi connectivity index (χ3v) is 5.07. The number of aliphatic carboxylic acids is 1. The summed E-state index contributed by atoms with van der Waals surface area (Å²) < 4.78 is 13.2. The predicted octanol–water partition coefficient (Wildman–Crippen LogP) is 2.95. The van der Waals surface area contributed by atoms with Gasteiger partial charge in [0.25, 0.3) is 5.91 Å². The molecule has 2 N–H and O–H groups in total. The summed E-state index contributed by atoms with van der Waals surface area (Å²) in [5, 5.41) is 9.59. The minimum Gasteiger partial charge on any atom is -0.481 e. The molecule has 2 heterocycles. The van der Waals surface area contributed by atoms with E-state index in [1.807, 2.05) is 6.92 Å². The van der Waals surface area contributed by atoms with E-state index in [4.69, 9.17) is 0 Å². The number of benzene rings is 2. The number of hydrogen-bond donors (Lipinski definition) is 2. The Kier molecular flexibility index (Phi) is 4.14. The van der Waals surface area contributed by atoms with Gasteiger partial charge in [-0.2, -0.15) is 0 Å². The smallest absolute Gasteiger partial charge is 0.308 e. The van der Waals surface area contributed by atoms with E-state index in [-0.39, 0.29) is 30.7 Å². The van der Waals surface area contributed by atoms with Crippen LogP contribution in [0.2, 0.25) is 0 Å². The number of nitrogens with zero attached hydrogens (tertiary/aromatic N) is 2. The van der Waals surface area contributed by atoms with Gasteiger partial charge in [-0.25, -0.2) is 9.37 Å². The summed E-state index contributed by atoms with van der Waals surface area (Å²) in [6.45, 7) is 2.24. The largest absolute Gasteiger partial charge is 0.481 e. The van der Waals surface area contributed by atoms with Crippen LogP contribution in [0.5, 0.6) is 0 Å². The number of aryl methyl sites for hydroxylation is 1. The molecule has 138 valence electrons. The van der Waals surface area contributed by atoms with Crippen LogP contribution in [0.15, 0.2) is 42.5 Å². The third kappa shape index (κ3) is 3.16. The maximum atomic E-state index is 13.2. The molecule has 0 unspecified atom stereocenters. The van der Waals surface area contributed by atoms with Crippen molar-refractivity contribution in [2.75, 3.05) is 13.1 Å². The van der Waals surface area contributed by atoms with Crippen molar-refractivity contribution >= 4 is 22.9 Å². The van der Waals surface area contributed by atoms with Gasteiger partial charge in [-0.05, 0) is 42.8 Å². The van der Waals surface area contributed by atoms with Gasteiger partial charge in [0.05, 0.1) is 17.0 Å². The molecule has 27 heavy (non-hydrogen) atoms. The standard InChI is InChI=1S/C20H18FN3O3/c1-11-22-17-7-4-13(8-18(17)23-11)19(25)24-9-15(16(10-24)20(26)27)12-2-5-14(21)6-3-12/h2-8,15-16H,9-10H2,1H3,(H,22,23)(H,26,27)/t15-,16+/m0/s1. The fourth-order valence-electron chi connectivity index (χ4n) is 3.72. The Bertz CT molecular complexity index is 1030. The number of carbonyl (C=O) groups is 2. The van der Waals surface area contributed by atoms with Crippen molar-refractivity contribution < 1.29 is 19.1 Å². The highest BCUT2D eigenvalue weighted by Crippen LogP contribution is 2.34. The number of carboxylic acid groups (broad SMARTS) is 1. The zero-order valence-electron chi connectivity index (χ0n) is 14.6. The van der Waals surface area contributed by atoms with Crippen LogP contribution in [-0.4, -0.2) is 44.9 Å². The second kappa shape index (κ2) is 6.50. The molecular formula is C20H18FN3O3. The Labute approximate surface area is 154 Å². The van der Waals surface area contributed by atoms with Crippen LogP contribution < -0.4 is 0 Å². The number of aromatic nitrogens is 2. The molecule has 7 heteroatoms. The highest BCUT2D eigenvalue weighted by atomic mass is 19.1. The van der Waals surface area contributed by atoms with Crippen molar-refractivity contribution in [2.24, 2.45) is 5.92 Å². The molecular weight excluding hydrogens is 349 g/mol. The summed E-state index contributed by atoms with van der Waals surface area (Å²) in [4.78, 5) is 33.6. The topological polar surface area (TPSA) is 86.3 Å². The normalized spacial score (nSPS) is 19.6. The molecule has 1 fully saturated rings. The lowest BCUT2D eigenvalue weighted by molar-refractivity contribution is -0.141. The molecule has 2 atom stereocenters. The Morgan fingerprint density at radius 2 is 1.93 bits per heavy atom. The molecule has 1 aromatic heterocycles. The van der Waals surface area contributed by atoms with E-state index in [1.165, 1.54) is 12.1 Å². The molecule has 0 spiro atoms. The van der Waals surface area contributed by atoms with E-state index in [9.17, 15) is 19.1 Å². The quantitative estimate of drug-likeness (QED) is 0.745. The lowest BCUT2D eigenvalue weighted by Gasteiger charge is -2.16. The first-order valence-electron chi connectivity index (χ1n) is 8.66. The number of halogens is 1. The Morgan fingerprint density at radius 1 is 1.19 bits per heavy atom. The van der Waals surface area contributed by atoms with Crippen molar-refractivity contribution in [1.29, 1.82) is 0 Å². The summed E-state index contributed by atoms with van der Waals surface area (Å²) in [5.41, 5.74) is 2.74. The van der Waals surface area contributed by atoms with Crippen molar-refractivity contribution in [3.63, 3.8) is 0 Å². The first-order valence-corrected chi connectivity index (χ1v) is 8.66. The van der Waals surface area contributed by atoms with Gasteiger partial charge in [0.1, 0.15) is 11.6 Å². The van der Waals surface area contributed by atoms with Crippen LogP contribution in [0.1, 0.15) is 27.7 Å². The van der Waals surface area contributed by atoms with Crippen molar-refractivity contribution in [3.8, 4) is 0 Å². The molecule has 1 saturated heterocycles. The number of rotatable bonds is 3. The Balaban J connectivity index is 1.61. The molecule has 0 aliphatic carbocycles. The number of amides is 1. The molecule has 0 bridgehead atoms. The van der Waals surface area contributed by atoms with Gasteiger partial charge >= 0.3 is 5.97 Å². The molecule has 1 aliphatic heterocycles. The average Bonchev–Trinajstić information content (AvgIpc) is 3.24. The number of aromatic amines is 1. The second-order valence-electron chi connectivity index (χ2n) is 6.87. The number of nitrogens with one attached hydrogen (secondary N) is 1. The van der Waals surface area contributed by atoms with Gasteiger partial charge in [0.15, 0.2) is 0 Å². The molecule has 6 nitrogen and oxygen atoms in total. The second-order valence-corrected chi connectivity index (χ2v) is 6.87. The van der Waals surface area contributed by atoms with Gasteiger partial charge in [0, 0.05) is 24.6 Å². The number of hydrogen-bond acceptors (Lipinski definition) is 3.